The number of amidine groups is 1. The Bertz CT molecular complexity index is 224. The van der Waals surface area contributed by atoms with Crippen LogP contribution in [0.15, 0.2) is 12.2 Å². The van der Waals surface area contributed by atoms with Gasteiger partial charge in [0.25, 0.3) is 5.84 Å². The van der Waals surface area contributed by atoms with E-state index in [1.165, 1.54) is 18.7 Å². The van der Waals surface area contributed by atoms with Crippen molar-refractivity contribution in [3.63, 3.8) is 0 Å². The van der Waals surface area contributed by atoms with Crippen LogP contribution in [0.3, 0.4) is 0 Å². The van der Waals surface area contributed by atoms with Gasteiger partial charge in [-0.15, -0.1) is 0 Å². The molecule has 0 heterocycles. The third kappa shape index (κ3) is 3.48. The summed E-state index contributed by atoms with van der Waals surface area (Å²) in [5.74, 6) is 0.00926. The van der Waals surface area contributed by atoms with E-state index in [0.717, 1.165) is 0 Å². The standard InChI is InChI=1S/C8H13F3N2/c1-5-12-7(13(3)4)6(2)8(9,10)11/h2,5H2,1,3-4H3/p+1. The molecule has 0 rings (SSSR count). The number of hydrogen-bond acceptors (Lipinski definition) is 0. The van der Waals surface area contributed by atoms with Gasteiger partial charge >= 0.3 is 6.18 Å². The zero-order chi connectivity index (χ0) is 10.6. The van der Waals surface area contributed by atoms with Gasteiger partial charge in [-0.3, -0.25) is 9.89 Å². The van der Waals surface area contributed by atoms with Crippen LogP contribution in [0, 0.1) is 0 Å². The minimum atomic E-state index is -4.37. The highest BCUT2D eigenvalue weighted by molar-refractivity contribution is 5.94. The molecule has 0 saturated heterocycles. The summed E-state index contributed by atoms with van der Waals surface area (Å²) in [7, 11) is 3.07. The molecule has 1 N–H and O–H groups in total. The molecule has 0 spiro atoms. The van der Waals surface area contributed by atoms with Crippen LogP contribution >= 0.6 is 0 Å². The summed E-state index contributed by atoms with van der Waals surface area (Å²) < 4.78 is 37.9. The van der Waals surface area contributed by atoms with Crippen LogP contribution < -0.4 is 5.32 Å². The Morgan fingerprint density at radius 3 is 2.08 bits per heavy atom. The molecule has 76 valence electrons. The van der Waals surface area contributed by atoms with E-state index in [-0.39, 0.29) is 5.84 Å². The van der Waals surface area contributed by atoms with Crippen molar-refractivity contribution in [1.29, 1.82) is 0 Å². The van der Waals surface area contributed by atoms with E-state index in [9.17, 15) is 13.2 Å². The third-order valence-corrected chi connectivity index (χ3v) is 1.42. The number of likely N-dealkylation sites (N-methyl/N-ethyl adjacent to an activating group) is 1. The molecule has 0 aromatic heterocycles. The van der Waals surface area contributed by atoms with Gasteiger partial charge in [0.1, 0.15) is 5.57 Å². The van der Waals surface area contributed by atoms with Crippen molar-refractivity contribution in [3.05, 3.63) is 12.2 Å². The van der Waals surface area contributed by atoms with Crippen molar-refractivity contribution >= 4 is 5.84 Å². The van der Waals surface area contributed by atoms with Gasteiger partial charge in [-0.2, -0.15) is 13.2 Å². The molecular weight excluding hydrogens is 181 g/mol. The summed E-state index contributed by atoms with van der Waals surface area (Å²) >= 11 is 0. The first-order valence-corrected chi connectivity index (χ1v) is 3.85. The van der Waals surface area contributed by atoms with E-state index in [1.54, 1.807) is 6.92 Å². The smallest absolute Gasteiger partial charge is 0.275 e. The number of nitrogens with zero attached hydrogens (tertiary/aromatic N) is 1. The van der Waals surface area contributed by atoms with Crippen molar-refractivity contribution in [2.24, 2.45) is 0 Å². The predicted molar refractivity (Wildman–Crippen MR) is 46.0 cm³/mol. The van der Waals surface area contributed by atoms with E-state index in [4.69, 9.17) is 0 Å². The maximum absolute atomic E-state index is 12.2. The molecule has 0 aliphatic heterocycles. The van der Waals surface area contributed by atoms with Crippen LogP contribution in [-0.2, 0) is 0 Å². The highest BCUT2D eigenvalue weighted by atomic mass is 19.4. The molecule has 0 aliphatic carbocycles. The molecule has 2 nitrogen and oxygen atoms in total. The molecule has 0 fully saturated rings. The second-order valence-electron chi connectivity index (χ2n) is 2.75. The summed E-state index contributed by atoms with van der Waals surface area (Å²) in [6.45, 7) is 5.16. The van der Waals surface area contributed by atoms with Crippen LogP contribution in [0.1, 0.15) is 6.92 Å². The second-order valence-corrected chi connectivity index (χ2v) is 2.75. The molecular formula is C8H14F3N2+. The molecule has 0 saturated carbocycles. The number of hydrogen-bond donors (Lipinski definition) is 1. The van der Waals surface area contributed by atoms with Crippen LogP contribution in [0.4, 0.5) is 13.2 Å². The highest BCUT2D eigenvalue weighted by Gasteiger charge is 2.38. The summed E-state index contributed by atoms with van der Waals surface area (Å²) in [6.07, 6.45) is -4.37. The fourth-order valence-electron chi connectivity index (χ4n) is 0.836. The Kier molecular flexibility index (Phi) is 3.97. The van der Waals surface area contributed by atoms with Gasteiger partial charge in [-0.25, -0.2) is 0 Å². The summed E-state index contributed by atoms with van der Waals surface area (Å²) in [4.78, 5) is 0. The first kappa shape index (κ1) is 12.0. The molecule has 13 heavy (non-hydrogen) atoms. The lowest BCUT2D eigenvalue weighted by Crippen LogP contribution is -2.36. The van der Waals surface area contributed by atoms with E-state index in [2.05, 4.69) is 11.9 Å². The van der Waals surface area contributed by atoms with Crippen molar-refractivity contribution in [2.75, 3.05) is 20.6 Å². The average Bonchev–Trinajstić information content (AvgIpc) is 1.96. The monoisotopic (exact) mass is 195 g/mol. The van der Waals surface area contributed by atoms with Gasteiger partial charge in [-0.05, 0) is 6.92 Å². The van der Waals surface area contributed by atoms with Crippen LogP contribution in [0.2, 0.25) is 0 Å². The zero-order valence-corrected chi connectivity index (χ0v) is 8.00. The molecule has 0 bridgehead atoms. The largest absolute Gasteiger partial charge is 0.423 e. The quantitative estimate of drug-likeness (QED) is 0.399. The van der Waals surface area contributed by atoms with Gasteiger partial charge in [0, 0.05) is 0 Å². The van der Waals surface area contributed by atoms with Crippen molar-refractivity contribution in [1.82, 2.24) is 5.32 Å². The minimum absolute atomic E-state index is 0.00926. The van der Waals surface area contributed by atoms with E-state index in [1.807, 2.05) is 0 Å². The van der Waals surface area contributed by atoms with Crippen molar-refractivity contribution in [2.45, 2.75) is 13.1 Å². The molecule has 0 aromatic carbocycles. The Labute approximate surface area is 75.8 Å². The SMILES string of the molecule is C=C(C(NCC)=[N+](C)C)C(F)(F)F. The lowest BCUT2D eigenvalue weighted by molar-refractivity contribution is -0.466. The Morgan fingerprint density at radius 1 is 1.38 bits per heavy atom. The summed E-state index contributed by atoms with van der Waals surface area (Å²) in [5.41, 5.74) is -0.848. The van der Waals surface area contributed by atoms with E-state index < -0.39 is 11.7 Å². The molecule has 5 heteroatoms. The number of rotatable bonds is 2. The van der Waals surface area contributed by atoms with Crippen molar-refractivity contribution in [3.8, 4) is 0 Å². The fourth-order valence-corrected chi connectivity index (χ4v) is 0.836. The fraction of sp³-hybridized carbons (Fsp3) is 0.625. The van der Waals surface area contributed by atoms with Crippen LogP contribution in [-0.4, -0.2) is 37.2 Å². The first-order chi connectivity index (χ1) is 5.80. The number of alkyl halides is 3. The highest BCUT2D eigenvalue weighted by Crippen LogP contribution is 2.24. The predicted octanol–water partition coefficient (Wildman–Crippen LogP) is 1.38. The molecule has 0 amide bonds. The lowest BCUT2D eigenvalue weighted by Gasteiger charge is -2.10. The van der Waals surface area contributed by atoms with E-state index in [0.29, 0.717) is 6.54 Å². The zero-order valence-electron chi connectivity index (χ0n) is 8.00. The average molecular weight is 195 g/mol. The van der Waals surface area contributed by atoms with E-state index >= 15 is 0 Å². The van der Waals surface area contributed by atoms with Crippen LogP contribution in [0.25, 0.3) is 0 Å². The molecule has 0 radical (unpaired) electrons. The molecule has 0 aliphatic rings. The Hall–Kier alpha value is -1.00. The molecule has 0 unspecified atom stereocenters. The van der Waals surface area contributed by atoms with Crippen molar-refractivity contribution < 1.29 is 17.7 Å². The normalized spacial score (nSPS) is 10.9. The minimum Gasteiger partial charge on any atom is -0.275 e. The van der Waals surface area contributed by atoms with Gasteiger partial charge in [0.15, 0.2) is 0 Å². The van der Waals surface area contributed by atoms with Gasteiger partial charge in [0.05, 0.1) is 20.6 Å². The Balaban J connectivity index is 4.80. The summed E-state index contributed by atoms with van der Waals surface area (Å²) in [6, 6.07) is 0. The topological polar surface area (TPSA) is 15.0 Å². The Morgan fingerprint density at radius 2 is 1.85 bits per heavy atom. The van der Waals surface area contributed by atoms with Gasteiger partial charge < -0.3 is 0 Å². The summed E-state index contributed by atoms with van der Waals surface area (Å²) in [5, 5.41) is 2.61. The molecule has 0 atom stereocenters. The first-order valence-electron chi connectivity index (χ1n) is 3.85. The third-order valence-electron chi connectivity index (χ3n) is 1.42. The van der Waals surface area contributed by atoms with Crippen LogP contribution in [0.5, 0.6) is 0 Å². The van der Waals surface area contributed by atoms with Gasteiger partial charge in [0.2, 0.25) is 0 Å². The maximum Gasteiger partial charge on any atom is 0.423 e. The maximum atomic E-state index is 12.2. The lowest BCUT2D eigenvalue weighted by atomic mass is 10.2. The molecule has 0 aromatic rings. The number of nitrogens with one attached hydrogen (secondary N) is 1. The van der Waals surface area contributed by atoms with Gasteiger partial charge in [-0.1, -0.05) is 6.58 Å². The number of halogens is 3. The second kappa shape index (κ2) is 4.30.